The molecule has 0 saturated carbocycles. The second-order valence-electron chi connectivity index (χ2n) is 4.25. The first-order valence-corrected chi connectivity index (χ1v) is 7.01. The summed E-state index contributed by atoms with van der Waals surface area (Å²) in [6.45, 7) is 4.96. The Morgan fingerprint density at radius 2 is 2.12 bits per heavy atom. The van der Waals surface area contributed by atoms with Gasteiger partial charge in [-0.2, -0.15) is 11.8 Å². The second-order valence-corrected chi connectivity index (χ2v) is 5.16. The third kappa shape index (κ3) is 3.16. The molecule has 2 N–H and O–H groups in total. The SMILES string of the molecule is CSCC(C)N(C)c1ccc(C)cc1CN. The summed E-state index contributed by atoms with van der Waals surface area (Å²) in [5.41, 5.74) is 9.56. The van der Waals surface area contributed by atoms with Crippen molar-refractivity contribution in [1.29, 1.82) is 0 Å². The molecule has 0 amide bonds. The van der Waals surface area contributed by atoms with E-state index in [9.17, 15) is 0 Å². The Balaban J connectivity index is 2.93. The Kier molecular flexibility index (Phi) is 5.16. The monoisotopic (exact) mass is 238 g/mol. The Bertz CT molecular complexity index is 339. The first-order valence-electron chi connectivity index (χ1n) is 5.61. The van der Waals surface area contributed by atoms with Crippen LogP contribution in [-0.4, -0.2) is 25.1 Å². The summed E-state index contributed by atoms with van der Waals surface area (Å²) in [6, 6.07) is 7.03. The van der Waals surface area contributed by atoms with Gasteiger partial charge in [-0.3, -0.25) is 0 Å². The van der Waals surface area contributed by atoms with Gasteiger partial charge in [-0.1, -0.05) is 17.7 Å². The number of thioether (sulfide) groups is 1. The molecule has 0 fully saturated rings. The van der Waals surface area contributed by atoms with Crippen LogP contribution in [-0.2, 0) is 6.54 Å². The third-order valence-corrected chi connectivity index (χ3v) is 3.72. The molecule has 1 aromatic rings. The van der Waals surface area contributed by atoms with Gasteiger partial charge in [-0.15, -0.1) is 0 Å². The maximum Gasteiger partial charge on any atom is 0.0412 e. The molecule has 1 unspecified atom stereocenters. The lowest BCUT2D eigenvalue weighted by Crippen LogP contribution is -2.31. The highest BCUT2D eigenvalue weighted by Gasteiger charge is 2.12. The van der Waals surface area contributed by atoms with Gasteiger partial charge in [0.2, 0.25) is 0 Å². The molecule has 0 aliphatic heterocycles. The zero-order valence-corrected chi connectivity index (χ0v) is 11.5. The maximum atomic E-state index is 5.80. The highest BCUT2D eigenvalue weighted by molar-refractivity contribution is 7.98. The molecule has 0 radical (unpaired) electrons. The molecule has 0 saturated heterocycles. The number of benzene rings is 1. The molecule has 0 aliphatic carbocycles. The van der Waals surface area contributed by atoms with Crippen molar-refractivity contribution < 1.29 is 0 Å². The fourth-order valence-electron chi connectivity index (χ4n) is 1.81. The van der Waals surface area contributed by atoms with Crippen LogP contribution >= 0.6 is 11.8 Å². The van der Waals surface area contributed by atoms with E-state index < -0.39 is 0 Å². The minimum absolute atomic E-state index is 0.531. The average molecular weight is 238 g/mol. The maximum absolute atomic E-state index is 5.80. The molecule has 16 heavy (non-hydrogen) atoms. The Hall–Kier alpha value is -0.670. The summed E-state index contributed by atoms with van der Waals surface area (Å²) in [4.78, 5) is 2.32. The number of anilines is 1. The smallest absolute Gasteiger partial charge is 0.0412 e. The van der Waals surface area contributed by atoms with E-state index in [0.29, 0.717) is 12.6 Å². The van der Waals surface area contributed by atoms with Crippen molar-refractivity contribution >= 4 is 17.4 Å². The van der Waals surface area contributed by atoms with Gasteiger partial charge in [0.15, 0.2) is 0 Å². The summed E-state index contributed by atoms with van der Waals surface area (Å²) in [5.74, 6) is 1.13. The molecule has 1 atom stereocenters. The molecule has 2 nitrogen and oxygen atoms in total. The van der Waals surface area contributed by atoms with E-state index in [2.05, 4.69) is 50.2 Å². The lowest BCUT2D eigenvalue weighted by molar-refractivity contribution is 0.759. The van der Waals surface area contributed by atoms with E-state index in [1.54, 1.807) is 0 Å². The molecular formula is C13H22N2S. The summed E-state index contributed by atoms with van der Waals surface area (Å²) in [7, 11) is 2.14. The second kappa shape index (κ2) is 6.16. The molecule has 1 aromatic carbocycles. The van der Waals surface area contributed by atoms with E-state index in [4.69, 9.17) is 5.73 Å². The molecule has 0 bridgehead atoms. The van der Waals surface area contributed by atoms with E-state index in [-0.39, 0.29) is 0 Å². The van der Waals surface area contributed by atoms with Crippen molar-refractivity contribution in [3.8, 4) is 0 Å². The van der Waals surface area contributed by atoms with E-state index in [1.165, 1.54) is 16.8 Å². The summed E-state index contributed by atoms with van der Waals surface area (Å²) < 4.78 is 0. The predicted molar refractivity (Wildman–Crippen MR) is 75.3 cm³/mol. The minimum Gasteiger partial charge on any atom is -0.371 e. The third-order valence-electron chi connectivity index (χ3n) is 2.90. The molecule has 0 spiro atoms. The lowest BCUT2D eigenvalue weighted by atomic mass is 10.1. The fraction of sp³-hybridized carbons (Fsp3) is 0.538. The van der Waals surface area contributed by atoms with Gasteiger partial charge in [0, 0.05) is 31.1 Å². The number of hydrogen-bond acceptors (Lipinski definition) is 3. The average Bonchev–Trinajstić information content (AvgIpc) is 2.28. The van der Waals surface area contributed by atoms with Crippen LogP contribution < -0.4 is 10.6 Å². The zero-order valence-electron chi connectivity index (χ0n) is 10.7. The van der Waals surface area contributed by atoms with E-state index >= 15 is 0 Å². The molecule has 0 aliphatic rings. The number of rotatable bonds is 5. The van der Waals surface area contributed by atoms with Crippen molar-refractivity contribution in [2.75, 3.05) is 24.0 Å². The largest absolute Gasteiger partial charge is 0.371 e. The van der Waals surface area contributed by atoms with E-state index in [0.717, 1.165) is 5.75 Å². The number of aryl methyl sites for hydroxylation is 1. The summed E-state index contributed by atoms with van der Waals surface area (Å²) in [6.07, 6.45) is 2.14. The topological polar surface area (TPSA) is 29.3 Å². The van der Waals surface area contributed by atoms with Gasteiger partial charge in [0.25, 0.3) is 0 Å². The Morgan fingerprint density at radius 3 is 2.69 bits per heavy atom. The van der Waals surface area contributed by atoms with Crippen LogP contribution in [0.2, 0.25) is 0 Å². The first-order chi connectivity index (χ1) is 7.60. The molecular weight excluding hydrogens is 216 g/mol. The minimum atomic E-state index is 0.531. The van der Waals surface area contributed by atoms with Gasteiger partial charge < -0.3 is 10.6 Å². The number of hydrogen-bond donors (Lipinski definition) is 1. The fourth-order valence-corrected chi connectivity index (χ4v) is 2.52. The van der Waals surface area contributed by atoms with Gasteiger partial charge in [0.1, 0.15) is 0 Å². The lowest BCUT2D eigenvalue weighted by Gasteiger charge is -2.28. The quantitative estimate of drug-likeness (QED) is 0.855. The number of nitrogens with zero attached hydrogens (tertiary/aromatic N) is 1. The van der Waals surface area contributed by atoms with Gasteiger partial charge in [0.05, 0.1) is 0 Å². The van der Waals surface area contributed by atoms with Gasteiger partial charge in [-0.05, 0) is 31.7 Å². The van der Waals surface area contributed by atoms with Crippen LogP contribution in [0.5, 0.6) is 0 Å². The van der Waals surface area contributed by atoms with Crippen LogP contribution in [0.1, 0.15) is 18.1 Å². The van der Waals surface area contributed by atoms with Crippen LogP contribution in [0.25, 0.3) is 0 Å². The zero-order chi connectivity index (χ0) is 12.1. The standard InChI is InChI=1S/C13H22N2S/c1-10-5-6-13(12(7-10)8-14)15(3)11(2)9-16-4/h5-7,11H,8-9,14H2,1-4H3. The summed E-state index contributed by atoms with van der Waals surface area (Å²) >= 11 is 1.88. The van der Waals surface area contributed by atoms with Crippen molar-refractivity contribution in [2.24, 2.45) is 5.73 Å². The molecule has 0 aromatic heterocycles. The predicted octanol–water partition coefficient (Wildman–Crippen LogP) is 2.64. The van der Waals surface area contributed by atoms with Crippen LogP contribution in [0, 0.1) is 6.92 Å². The van der Waals surface area contributed by atoms with Crippen LogP contribution in [0.3, 0.4) is 0 Å². The first kappa shape index (κ1) is 13.4. The van der Waals surface area contributed by atoms with Crippen molar-refractivity contribution in [3.63, 3.8) is 0 Å². The Labute approximate surface area is 103 Å². The molecule has 0 heterocycles. The van der Waals surface area contributed by atoms with Gasteiger partial charge in [-0.25, -0.2) is 0 Å². The molecule has 3 heteroatoms. The molecule has 90 valence electrons. The normalized spacial score (nSPS) is 12.6. The van der Waals surface area contributed by atoms with Crippen molar-refractivity contribution in [2.45, 2.75) is 26.4 Å². The van der Waals surface area contributed by atoms with Crippen molar-refractivity contribution in [1.82, 2.24) is 0 Å². The highest BCUT2D eigenvalue weighted by atomic mass is 32.2. The Morgan fingerprint density at radius 1 is 1.44 bits per heavy atom. The summed E-state index contributed by atoms with van der Waals surface area (Å²) in [5, 5.41) is 0. The van der Waals surface area contributed by atoms with Gasteiger partial charge >= 0.3 is 0 Å². The highest BCUT2D eigenvalue weighted by Crippen LogP contribution is 2.23. The van der Waals surface area contributed by atoms with E-state index in [1.807, 2.05) is 11.8 Å². The van der Waals surface area contributed by atoms with Crippen LogP contribution in [0.4, 0.5) is 5.69 Å². The van der Waals surface area contributed by atoms with Crippen molar-refractivity contribution in [3.05, 3.63) is 29.3 Å². The number of nitrogens with two attached hydrogens (primary N) is 1. The van der Waals surface area contributed by atoms with Crippen LogP contribution in [0.15, 0.2) is 18.2 Å². The molecule has 1 rings (SSSR count).